The molecular formula is C19H17NO. The molecule has 0 bridgehead atoms. The smallest absolute Gasteiger partial charge is 0.119 e. The molecule has 3 aromatic carbocycles. The largest absolute Gasteiger partial charge is 0.497 e. The van der Waals surface area contributed by atoms with Crippen molar-refractivity contribution in [2.75, 3.05) is 12.4 Å². The molecule has 0 saturated carbocycles. The van der Waals surface area contributed by atoms with Gasteiger partial charge in [-0.15, -0.1) is 0 Å². The Labute approximate surface area is 125 Å². The van der Waals surface area contributed by atoms with E-state index in [0.717, 1.165) is 17.1 Å². The maximum absolute atomic E-state index is 5.16. The fraction of sp³-hybridized carbons (Fsp3) is 0.0526. The minimum Gasteiger partial charge on any atom is -0.497 e. The Kier molecular flexibility index (Phi) is 3.88. The van der Waals surface area contributed by atoms with E-state index in [-0.39, 0.29) is 0 Å². The molecule has 104 valence electrons. The minimum atomic E-state index is 0.861. The van der Waals surface area contributed by atoms with Crippen LogP contribution in [0.4, 0.5) is 11.4 Å². The number of anilines is 2. The first kappa shape index (κ1) is 13.3. The predicted molar refractivity (Wildman–Crippen MR) is 88.2 cm³/mol. The van der Waals surface area contributed by atoms with Crippen molar-refractivity contribution in [1.29, 1.82) is 0 Å². The summed E-state index contributed by atoms with van der Waals surface area (Å²) in [4.78, 5) is 0. The number of rotatable bonds is 4. The van der Waals surface area contributed by atoms with Gasteiger partial charge in [0.15, 0.2) is 0 Å². The lowest BCUT2D eigenvalue weighted by molar-refractivity contribution is 0.415. The summed E-state index contributed by atoms with van der Waals surface area (Å²) in [7, 11) is 1.67. The molecular weight excluding hydrogens is 258 g/mol. The molecule has 2 heteroatoms. The summed E-state index contributed by atoms with van der Waals surface area (Å²) in [6.07, 6.45) is 0. The summed E-state index contributed by atoms with van der Waals surface area (Å²) < 4.78 is 5.16. The zero-order chi connectivity index (χ0) is 14.5. The molecule has 3 aromatic rings. The van der Waals surface area contributed by atoms with Crippen LogP contribution in [0.5, 0.6) is 5.75 Å². The average molecular weight is 275 g/mol. The predicted octanol–water partition coefficient (Wildman–Crippen LogP) is 5.11. The summed E-state index contributed by atoms with van der Waals surface area (Å²) in [5.41, 5.74) is 4.56. The van der Waals surface area contributed by atoms with Gasteiger partial charge in [0.2, 0.25) is 0 Å². The quantitative estimate of drug-likeness (QED) is 0.714. The van der Waals surface area contributed by atoms with Gasteiger partial charge >= 0.3 is 0 Å². The Morgan fingerprint density at radius 1 is 0.619 bits per heavy atom. The molecule has 0 fully saturated rings. The maximum Gasteiger partial charge on any atom is 0.119 e. The highest BCUT2D eigenvalue weighted by atomic mass is 16.5. The van der Waals surface area contributed by atoms with Gasteiger partial charge in [0.05, 0.1) is 7.11 Å². The highest BCUT2D eigenvalue weighted by Gasteiger charge is 1.98. The lowest BCUT2D eigenvalue weighted by Gasteiger charge is -2.08. The zero-order valence-corrected chi connectivity index (χ0v) is 11.9. The molecule has 0 aliphatic carbocycles. The molecule has 21 heavy (non-hydrogen) atoms. The van der Waals surface area contributed by atoms with Crippen molar-refractivity contribution < 1.29 is 4.74 Å². The summed E-state index contributed by atoms with van der Waals surface area (Å²) in [5, 5.41) is 3.38. The second kappa shape index (κ2) is 6.14. The highest BCUT2D eigenvalue weighted by Crippen LogP contribution is 2.24. The molecule has 0 spiro atoms. The third-order valence-corrected chi connectivity index (χ3v) is 3.37. The van der Waals surface area contributed by atoms with Crippen LogP contribution in [-0.2, 0) is 0 Å². The second-order valence-electron chi connectivity index (χ2n) is 4.80. The van der Waals surface area contributed by atoms with Crippen LogP contribution in [0.25, 0.3) is 11.1 Å². The van der Waals surface area contributed by atoms with Crippen LogP contribution < -0.4 is 10.1 Å². The topological polar surface area (TPSA) is 21.3 Å². The Bertz CT molecular complexity index is 688. The third-order valence-electron chi connectivity index (χ3n) is 3.37. The molecule has 0 unspecified atom stereocenters. The molecule has 2 nitrogen and oxygen atoms in total. The number of hydrogen-bond donors (Lipinski definition) is 1. The number of nitrogens with one attached hydrogen (secondary N) is 1. The van der Waals surface area contributed by atoms with Crippen molar-refractivity contribution in [2.24, 2.45) is 0 Å². The van der Waals surface area contributed by atoms with Crippen LogP contribution in [-0.4, -0.2) is 7.11 Å². The second-order valence-corrected chi connectivity index (χ2v) is 4.80. The van der Waals surface area contributed by atoms with Crippen LogP contribution in [0.1, 0.15) is 0 Å². The van der Waals surface area contributed by atoms with Gasteiger partial charge in [-0.1, -0.05) is 42.5 Å². The normalized spacial score (nSPS) is 10.1. The number of ether oxygens (including phenoxy) is 1. The van der Waals surface area contributed by atoms with Crippen molar-refractivity contribution >= 4 is 11.4 Å². The van der Waals surface area contributed by atoms with E-state index in [1.807, 2.05) is 30.3 Å². The molecule has 0 radical (unpaired) electrons. The van der Waals surface area contributed by atoms with Gasteiger partial charge in [-0.2, -0.15) is 0 Å². The lowest BCUT2D eigenvalue weighted by Crippen LogP contribution is -1.90. The first-order chi connectivity index (χ1) is 10.3. The van der Waals surface area contributed by atoms with Gasteiger partial charge in [0.1, 0.15) is 5.75 Å². The number of benzene rings is 3. The number of hydrogen-bond acceptors (Lipinski definition) is 2. The monoisotopic (exact) mass is 275 g/mol. The first-order valence-corrected chi connectivity index (χ1v) is 6.92. The van der Waals surface area contributed by atoms with E-state index in [1.54, 1.807) is 7.11 Å². The Hall–Kier alpha value is -2.74. The summed E-state index contributed by atoms with van der Waals surface area (Å²) in [6.45, 7) is 0. The SMILES string of the molecule is COc1ccc(Nc2ccc(-c3ccccc3)cc2)cc1. The first-order valence-electron chi connectivity index (χ1n) is 6.92. The standard InChI is InChI=1S/C19H17NO/c1-21-19-13-11-18(12-14-19)20-17-9-7-16(8-10-17)15-5-3-2-4-6-15/h2-14,20H,1H3. The van der Waals surface area contributed by atoms with Crippen molar-refractivity contribution in [3.8, 4) is 16.9 Å². The van der Waals surface area contributed by atoms with E-state index in [0.29, 0.717) is 0 Å². The van der Waals surface area contributed by atoms with Gasteiger partial charge in [0, 0.05) is 11.4 Å². The van der Waals surface area contributed by atoms with Crippen LogP contribution in [0, 0.1) is 0 Å². The Morgan fingerprint density at radius 3 is 1.71 bits per heavy atom. The molecule has 0 aliphatic heterocycles. The molecule has 1 N–H and O–H groups in total. The van der Waals surface area contributed by atoms with Crippen LogP contribution in [0.2, 0.25) is 0 Å². The van der Waals surface area contributed by atoms with Gasteiger partial charge in [-0.3, -0.25) is 0 Å². The van der Waals surface area contributed by atoms with Crippen LogP contribution in [0.15, 0.2) is 78.9 Å². The van der Waals surface area contributed by atoms with Crippen molar-refractivity contribution in [3.63, 3.8) is 0 Å². The van der Waals surface area contributed by atoms with Gasteiger partial charge in [0.25, 0.3) is 0 Å². The van der Waals surface area contributed by atoms with E-state index in [1.165, 1.54) is 11.1 Å². The van der Waals surface area contributed by atoms with Gasteiger partial charge in [-0.25, -0.2) is 0 Å². The van der Waals surface area contributed by atoms with E-state index >= 15 is 0 Å². The highest BCUT2D eigenvalue weighted by molar-refractivity contribution is 5.68. The minimum absolute atomic E-state index is 0.861. The van der Waals surface area contributed by atoms with Crippen molar-refractivity contribution in [2.45, 2.75) is 0 Å². The molecule has 0 heterocycles. The molecule has 0 atom stereocenters. The van der Waals surface area contributed by atoms with E-state index < -0.39 is 0 Å². The summed E-state index contributed by atoms with van der Waals surface area (Å²) in [6, 6.07) is 26.7. The van der Waals surface area contributed by atoms with Crippen molar-refractivity contribution in [1.82, 2.24) is 0 Å². The van der Waals surface area contributed by atoms with Gasteiger partial charge < -0.3 is 10.1 Å². The lowest BCUT2D eigenvalue weighted by atomic mass is 10.1. The van der Waals surface area contributed by atoms with Gasteiger partial charge in [-0.05, 0) is 47.5 Å². The molecule has 0 aromatic heterocycles. The average Bonchev–Trinajstić information content (AvgIpc) is 2.57. The Morgan fingerprint density at radius 2 is 1.14 bits per heavy atom. The summed E-state index contributed by atoms with van der Waals surface area (Å²) in [5.74, 6) is 0.861. The number of methoxy groups -OCH3 is 1. The third kappa shape index (κ3) is 3.23. The fourth-order valence-electron chi connectivity index (χ4n) is 2.22. The maximum atomic E-state index is 5.16. The van der Waals surface area contributed by atoms with E-state index in [2.05, 4.69) is 53.8 Å². The summed E-state index contributed by atoms with van der Waals surface area (Å²) >= 11 is 0. The molecule has 0 saturated heterocycles. The van der Waals surface area contributed by atoms with Crippen molar-refractivity contribution in [3.05, 3.63) is 78.9 Å². The van der Waals surface area contributed by atoms with Crippen LogP contribution in [0.3, 0.4) is 0 Å². The van der Waals surface area contributed by atoms with E-state index in [9.17, 15) is 0 Å². The molecule has 0 amide bonds. The van der Waals surface area contributed by atoms with E-state index in [4.69, 9.17) is 4.74 Å². The van der Waals surface area contributed by atoms with Crippen LogP contribution >= 0.6 is 0 Å². The molecule has 3 rings (SSSR count). The Balaban J connectivity index is 1.75. The zero-order valence-electron chi connectivity index (χ0n) is 11.9. The molecule has 0 aliphatic rings. The fourth-order valence-corrected chi connectivity index (χ4v) is 2.22.